The second-order valence-electron chi connectivity index (χ2n) is 5.47. The van der Waals surface area contributed by atoms with Crippen LogP contribution in [0.3, 0.4) is 0 Å². The Morgan fingerprint density at radius 1 is 1.39 bits per heavy atom. The molecule has 6 nitrogen and oxygen atoms in total. The highest BCUT2D eigenvalue weighted by Gasteiger charge is 2.24. The van der Waals surface area contributed by atoms with Crippen LogP contribution in [0.4, 0.5) is 10.8 Å². The number of nitrogens with zero attached hydrogens (tertiary/aromatic N) is 1. The Hall–Kier alpha value is -1.35. The highest BCUT2D eigenvalue weighted by molar-refractivity contribution is 7.93. The van der Waals surface area contributed by atoms with Crippen molar-refractivity contribution in [3.8, 4) is 0 Å². The summed E-state index contributed by atoms with van der Waals surface area (Å²) in [5.41, 5.74) is 0.736. The molecule has 1 saturated heterocycles. The SMILES string of the molecule is C[C@@H]1CNCC1Nc1ccc(S(=O)(=O)Nc2nccs2)cc1Cl. The molecule has 0 spiro atoms. The van der Waals surface area contributed by atoms with Crippen molar-refractivity contribution in [1.82, 2.24) is 10.3 Å². The van der Waals surface area contributed by atoms with Gasteiger partial charge >= 0.3 is 0 Å². The first-order valence-corrected chi connectivity index (χ1v) is 9.89. The van der Waals surface area contributed by atoms with E-state index in [1.807, 2.05) is 0 Å². The number of sulfonamides is 1. The average molecular weight is 373 g/mol. The second kappa shape index (κ2) is 6.64. The van der Waals surface area contributed by atoms with Gasteiger partial charge in [-0.05, 0) is 30.7 Å². The van der Waals surface area contributed by atoms with Gasteiger partial charge in [-0.3, -0.25) is 4.72 Å². The summed E-state index contributed by atoms with van der Waals surface area (Å²) in [6, 6.07) is 4.97. The maximum absolute atomic E-state index is 12.3. The summed E-state index contributed by atoms with van der Waals surface area (Å²) in [4.78, 5) is 4.03. The molecule has 0 bridgehead atoms. The van der Waals surface area contributed by atoms with Crippen LogP contribution in [-0.4, -0.2) is 32.5 Å². The van der Waals surface area contributed by atoms with Crippen molar-refractivity contribution in [3.05, 3.63) is 34.8 Å². The average Bonchev–Trinajstić information content (AvgIpc) is 3.13. The van der Waals surface area contributed by atoms with Crippen LogP contribution in [0.25, 0.3) is 0 Å². The summed E-state index contributed by atoms with van der Waals surface area (Å²) >= 11 is 7.47. The highest BCUT2D eigenvalue weighted by atomic mass is 35.5. The molecule has 1 aromatic heterocycles. The van der Waals surface area contributed by atoms with Gasteiger partial charge in [0.15, 0.2) is 5.13 Å². The van der Waals surface area contributed by atoms with Crippen LogP contribution in [0.2, 0.25) is 5.02 Å². The molecule has 1 aliphatic heterocycles. The number of halogens is 1. The monoisotopic (exact) mass is 372 g/mol. The zero-order chi connectivity index (χ0) is 16.4. The van der Waals surface area contributed by atoms with E-state index in [-0.39, 0.29) is 10.9 Å². The van der Waals surface area contributed by atoms with Gasteiger partial charge in [0.1, 0.15) is 0 Å². The van der Waals surface area contributed by atoms with Crippen molar-refractivity contribution in [1.29, 1.82) is 0 Å². The second-order valence-corrected chi connectivity index (χ2v) is 8.45. The summed E-state index contributed by atoms with van der Waals surface area (Å²) < 4.78 is 27.1. The van der Waals surface area contributed by atoms with E-state index in [9.17, 15) is 8.42 Å². The Kier molecular flexibility index (Phi) is 4.77. The fourth-order valence-electron chi connectivity index (χ4n) is 2.43. The van der Waals surface area contributed by atoms with E-state index in [4.69, 9.17) is 11.6 Å². The third-order valence-corrected chi connectivity index (χ3v) is 6.23. The van der Waals surface area contributed by atoms with Crippen molar-refractivity contribution >= 4 is 43.8 Å². The molecule has 3 rings (SSSR count). The summed E-state index contributed by atoms with van der Waals surface area (Å²) in [6.45, 7) is 3.98. The lowest BCUT2D eigenvalue weighted by Crippen LogP contribution is -2.26. The van der Waals surface area contributed by atoms with Crippen molar-refractivity contribution in [2.24, 2.45) is 5.92 Å². The summed E-state index contributed by atoms with van der Waals surface area (Å²) in [5, 5.41) is 9.08. The Morgan fingerprint density at radius 2 is 2.22 bits per heavy atom. The molecule has 1 fully saturated rings. The molecular weight excluding hydrogens is 356 g/mol. The zero-order valence-electron chi connectivity index (χ0n) is 12.4. The van der Waals surface area contributed by atoms with Crippen LogP contribution in [-0.2, 0) is 10.0 Å². The molecule has 1 aliphatic rings. The number of nitrogens with one attached hydrogen (secondary N) is 3. The predicted molar refractivity (Wildman–Crippen MR) is 93.8 cm³/mol. The van der Waals surface area contributed by atoms with Gasteiger partial charge in [0, 0.05) is 24.2 Å². The number of aromatic nitrogens is 1. The van der Waals surface area contributed by atoms with Gasteiger partial charge < -0.3 is 10.6 Å². The van der Waals surface area contributed by atoms with E-state index in [0.717, 1.165) is 18.8 Å². The van der Waals surface area contributed by atoms with Crippen LogP contribution < -0.4 is 15.4 Å². The van der Waals surface area contributed by atoms with Gasteiger partial charge in [0.2, 0.25) is 0 Å². The van der Waals surface area contributed by atoms with Crippen LogP contribution >= 0.6 is 22.9 Å². The van der Waals surface area contributed by atoms with E-state index in [0.29, 0.717) is 16.1 Å². The first-order chi connectivity index (χ1) is 11.0. The van der Waals surface area contributed by atoms with Crippen LogP contribution in [0.1, 0.15) is 6.92 Å². The van der Waals surface area contributed by atoms with E-state index in [1.54, 1.807) is 17.6 Å². The number of benzene rings is 1. The van der Waals surface area contributed by atoms with Gasteiger partial charge in [0.05, 0.1) is 15.6 Å². The number of rotatable bonds is 5. The minimum atomic E-state index is -3.69. The number of thiazole rings is 1. The molecule has 3 N–H and O–H groups in total. The summed E-state index contributed by atoms with van der Waals surface area (Å²) in [7, 11) is -3.69. The van der Waals surface area contributed by atoms with E-state index in [2.05, 4.69) is 27.3 Å². The maximum atomic E-state index is 12.3. The summed E-state index contributed by atoms with van der Waals surface area (Å²) in [5.74, 6) is 0.487. The Balaban J connectivity index is 1.78. The molecular formula is C14H17ClN4O2S2. The molecule has 124 valence electrons. The third kappa shape index (κ3) is 3.77. The van der Waals surface area contributed by atoms with Crippen LogP contribution in [0, 0.1) is 5.92 Å². The van der Waals surface area contributed by atoms with Crippen molar-refractivity contribution in [3.63, 3.8) is 0 Å². The van der Waals surface area contributed by atoms with Crippen molar-refractivity contribution < 1.29 is 8.42 Å². The molecule has 0 saturated carbocycles. The Morgan fingerprint density at radius 3 is 2.83 bits per heavy atom. The molecule has 0 aliphatic carbocycles. The van der Waals surface area contributed by atoms with E-state index in [1.165, 1.54) is 23.5 Å². The normalized spacial score (nSPS) is 21.3. The van der Waals surface area contributed by atoms with Crippen molar-refractivity contribution in [2.45, 2.75) is 17.9 Å². The first-order valence-electron chi connectivity index (χ1n) is 7.15. The zero-order valence-corrected chi connectivity index (χ0v) is 14.8. The highest BCUT2D eigenvalue weighted by Crippen LogP contribution is 2.28. The largest absolute Gasteiger partial charge is 0.380 e. The maximum Gasteiger partial charge on any atom is 0.263 e. The van der Waals surface area contributed by atoms with Gasteiger partial charge in [-0.1, -0.05) is 18.5 Å². The van der Waals surface area contributed by atoms with Gasteiger partial charge in [-0.15, -0.1) is 11.3 Å². The number of hydrogen-bond donors (Lipinski definition) is 3. The summed E-state index contributed by atoms with van der Waals surface area (Å²) in [6.07, 6.45) is 1.54. The lowest BCUT2D eigenvalue weighted by Gasteiger charge is -2.19. The van der Waals surface area contributed by atoms with Gasteiger partial charge in [-0.25, -0.2) is 13.4 Å². The molecule has 9 heteroatoms. The van der Waals surface area contributed by atoms with E-state index < -0.39 is 10.0 Å². The Bertz CT molecular complexity index is 780. The fourth-order valence-corrected chi connectivity index (χ4v) is 4.55. The third-order valence-electron chi connectivity index (χ3n) is 3.76. The molecule has 2 heterocycles. The molecule has 2 aromatic rings. The van der Waals surface area contributed by atoms with Gasteiger partial charge in [0.25, 0.3) is 10.0 Å². The minimum absolute atomic E-state index is 0.112. The van der Waals surface area contributed by atoms with E-state index >= 15 is 0 Å². The number of hydrogen-bond acceptors (Lipinski definition) is 6. The minimum Gasteiger partial charge on any atom is -0.380 e. The topological polar surface area (TPSA) is 83.1 Å². The first kappa shape index (κ1) is 16.5. The molecule has 1 unspecified atom stereocenters. The quantitative estimate of drug-likeness (QED) is 0.751. The Labute approximate surface area is 144 Å². The standard InChI is InChI=1S/C14H17ClN4O2S2/c1-9-7-16-8-13(9)18-12-3-2-10(6-11(12)15)23(20,21)19-14-17-4-5-22-14/h2-6,9,13,16,18H,7-8H2,1H3,(H,17,19)/t9-,13?/m1/s1. The molecule has 0 radical (unpaired) electrons. The lowest BCUT2D eigenvalue weighted by molar-refractivity contribution is 0.595. The van der Waals surface area contributed by atoms with Crippen molar-refractivity contribution in [2.75, 3.05) is 23.1 Å². The van der Waals surface area contributed by atoms with Crippen LogP contribution in [0.15, 0.2) is 34.7 Å². The molecule has 1 aromatic carbocycles. The van der Waals surface area contributed by atoms with Gasteiger partial charge in [-0.2, -0.15) is 0 Å². The molecule has 2 atom stereocenters. The lowest BCUT2D eigenvalue weighted by atomic mass is 10.1. The molecule has 0 amide bonds. The predicted octanol–water partition coefficient (Wildman–Crippen LogP) is 2.62. The number of anilines is 2. The molecule has 23 heavy (non-hydrogen) atoms. The fraction of sp³-hybridized carbons (Fsp3) is 0.357. The smallest absolute Gasteiger partial charge is 0.263 e. The van der Waals surface area contributed by atoms with Crippen LogP contribution in [0.5, 0.6) is 0 Å².